The zero-order valence-electron chi connectivity index (χ0n) is 9.31. The first-order chi connectivity index (χ1) is 8.02. The van der Waals surface area contributed by atoms with Crippen LogP contribution in [0.1, 0.15) is 18.0 Å². The predicted molar refractivity (Wildman–Crippen MR) is 59.5 cm³/mol. The molecule has 2 rings (SSSR count). The minimum Gasteiger partial charge on any atom is -0.396 e. The summed E-state index contributed by atoms with van der Waals surface area (Å²) < 4.78 is 14.8. The van der Waals surface area contributed by atoms with Gasteiger partial charge in [0, 0.05) is 24.3 Å². The lowest BCUT2D eigenvalue weighted by atomic mass is 10.1. The van der Waals surface area contributed by atoms with Crippen molar-refractivity contribution in [2.45, 2.75) is 19.4 Å². The Morgan fingerprint density at radius 2 is 2.29 bits per heavy atom. The SMILES string of the molecule is Cc1cn([C@H]2C[C@@H](CO)C=C2F)c(=O)[nH]c1=O. The van der Waals surface area contributed by atoms with E-state index in [0.29, 0.717) is 12.0 Å². The minimum atomic E-state index is -0.727. The molecule has 0 spiro atoms. The number of rotatable bonds is 2. The van der Waals surface area contributed by atoms with Crippen LogP contribution in [0.2, 0.25) is 0 Å². The fourth-order valence-electron chi connectivity index (χ4n) is 1.99. The molecule has 0 saturated carbocycles. The Labute approximate surface area is 96.2 Å². The highest BCUT2D eigenvalue weighted by Crippen LogP contribution is 2.33. The normalized spacial score (nSPS) is 23.8. The van der Waals surface area contributed by atoms with Crippen LogP contribution in [-0.2, 0) is 0 Å². The summed E-state index contributed by atoms with van der Waals surface area (Å²) in [6, 6.07) is -0.727. The molecule has 0 saturated heterocycles. The number of H-pyrrole nitrogens is 1. The van der Waals surface area contributed by atoms with Crippen LogP contribution in [-0.4, -0.2) is 21.3 Å². The molecule has 0 amide bonds. The van der Waals surface area contributed by atoms with Crippen LogP contribution >= 0.6 is 0 Å². The quantitative estimate of drug-likeness (QED) is 0.778. The van der Waals surface area contributed by atoms with Gasteiger partial charge in [0.1, 0.15) is 5.83 Å². The van der Waals surface area contributed by atoms with E-state index in [1.165, 1.54) is 12.3 Å². The van der Waals surface area contributed by atoms with E-state index in [4.69, 9.17) is 5.11 Å². The van der Waals surface area contributed by atoms with Crippen molar-refractivity contribution in [2.24, 2.45) is 5.92 Å². The zero-order valence-corrected chi connectivity index (χ0v) is 9.31. The van der Waals surface area contributed by atoms with Crippen molar-refractivity contribution in [3.63, 3.8) is 0 Å². The summed E-state index contributed by atoms with van der Waals surface area (Å²) in [6.07, 6.45) is 2.99. The van der Waals surface area contributed by atoms with Crippen LogP contribution < -0.4 is 11.2 Å². The molecule has 1 aromatic rings. The summed E-state index contributed by atoms with van der Waals surface area (Å²) in [5, 5.41) is 8.96. The molecule has 0 fully saturated rings. The second-order valence-electron chi connectivity index (χ2n) is 4.22. The maximum Gasteiger partial charge on any atom is 0.328 e. The molecule has 0 aliphatic heterocycles. The van der Waals surface area contributed by atoms with Gasteiger partial charge in [-0.2, -0.15) is 0 Å². The number of hydrogen-bond donors (Lipinski definition) is 2. The van der Waals surface area contributed by atoms with E-state index in [2.05, 4.69) is 4.98 Å². The van der Waals surface area contributed by atoms with E-state index in [9.17, 15) is 14.0 Å². The highest BCUT2D eigenvalue weighted by Gasteiger charge is 2.28. The molecular weight excluding hydrogens is 227 g/mol. The maximum absolute atomic E-state index is 13.6. The second kappa shape index (κ2) is 4.29. The van der Waals surface area contributed by atoms with Crippen molar-refractivity contribution >= 4 is 0 Å². The average molecular weight is 240 g/mol. The molecule has 0 radical (unpaired) electrons. The Morgan fingerprint density at radius 1 is 1.59 bits per heavy atom. The Morgan fingerprint density at radius 3 is 2.88 bits per heavy atom. The van der Waals surface area contributed by atoms with Crippen LogP contribution in [0, 0.1) is 12.8 Å². The lowest BCUT2D eigenvalue weighted by molar-refractivity contribution is 0.242. The Bertz CT molecular complexity index is 573. The smallest absolute Gasteiger partial charge is 0.328 e. The summed E-state index contributed by atoms with van der Waals surface area (Å²) in [6.45, 7) is 1.40. The molecule has 1 heterocycles. The third kappa shape index (κ3) is 2.08. The molecule has 6 heteroatoms. The number of aromatic nitrogens is 2. The highest BCUT2D eigenvalue weighted by atomic mass is 19.1. The summed E-state index contributed by atoms with van der Waals surface area (Å²) in [5.74, 6) is -0.725. The van der Waals surface area contributed by atoms with Gasteiger partial charge in [0.05, 0.1) is 6.04 Å². The van der Waals surface area contributed by atoms with Crippen molar-refractivity contribution < 1.29 is 9.50 Å². The molecule has 17 heavy (non-hydrogen) atoms. The monoisotopic (exact) mass is 240 g/mol. The van der Waals surface area contributed by atoms with Crippen molar-refractivity contribution in [3.8, 4) is 0 Å². The van der Waals surface area contributed by atoms with E-state index in [1.807, 2.05) is 0 Å². The van der Waals surface area contributed by atoms with Gasteiger partial charge in [0.2, 0.25) is 0 Å². The molecule has 92 valence electrons. The number of allylic oxidation sites excluding steroid dienone is 1. The van der Waals surface area contributed by atoms with Crippen molar-refractivity contribution in [1.29, 1.82) is 0 Å². The Balaban J connectivity index is 2.43. The van der Waals surface area contributed by atoms with Crippen molar-refractivity contribution in [3.05, 3.63) is 44.5 Å². The fourth-order valence-corrected chi connectivity index (χ4v) is 1.99. The molecule has 0 unspecified atom stereocenters. The van der Waals surface area contributed by atoms with Crippen molar-refractivity contribution in [2.75, 3.05) is 6.61 Å². The van der Waals surface area contributed by atoms with Gasteiger partial charge in [-0.3, -0.25) is 14.3 Å². The Kier molecular flexibility index (Phi) is 2.97. The molecule has 1 aromatic heterocycles. The average Bonchev–Trinajstić information content (AvgIpc) is 2.65. The number of nitrogens with zero attached hydrogens (tertiary/aromatic N) is 1. The van der Waals surface area contributed by atoms with Crippen molar-refractivity contribution in [1.82, 2.24) is 9.55 Å². The number of aliphatic hydroxyl groups is 1. The lowest BCUT2D eigenvalue weighted by Crippen LogP contribution is -2.33. The number of aliphatic hydroxyl groups excluding tert-OH is 1. The number of nitrogens with one attached hydrogen (secondary N) is 1. The van der Waals surface area contributed by atoms with E-state index in [1.54, 1.807) is 6.92 Å². The molecule has 0 aromatic carbocycles. The summed E-state index contributed by atoms with van der Waals surface area (Å²) in [7, 11) is 0. The first-order valence-corrected chi connectivity index (χ1v) is 5.33. The largest absolute Gasteiger partial charge is 0.396 e. The maximum atomic E-state index is 13.6. The van der Waals surface area contributed by atoms with Gasteiger partial charge in [0.25, 0.3) is 5.56 Å². The predicted octanol–water partition coefficient (Wildman–Crippen LogP) is 0.252. The molecule has 0 bridgehead atoms. The number of hydrogen-bond acceptors (Lipinski definition) is 3. The standard InChI is InChI=1S/C11H13FN2O3/c1-6-4-14(11(17)13-10(6)16)9-3-7(5-15)2-8(9)12/h2,4,7,9,15H,3,5H2,1H3,(H,13,16,17)/t7-,9-/m0/s1. The topological polar surface area (TPSA) is 75.1 Å². The molecule has 2 N–H and O–H groups in total. The van der Waals surface area contributed by atoms with E-state index in [-0.39, 0.29) is 12.5 Å². The lowest BCUT2D eigenvalue weighted by Gasteiger charge is -2.14. The summed E-state index contributed by atoms with van der Waals surface area (Å²) >= 11 is 0. The molecule has 1 aliphatic rings. The van der Waals surface area contributed by atoms with E-state index in [0.717, 1.165) is 4.57 Å². The third-order valence-corrected chi connectivity index (χ3v) is 2.96. The van der Waals surface area contributed by atoms with Crippen LogP contribution in [0.15, 0.2) is 27.7 Å². The van der Waals surface area contributed by atoms with Gasteiger partial charge >= 0.3 is 5.69 Å². The molecule has 1 aliphatic carbocycles. The number of aryl methyl sites for hydroxylation is 1. The number of aromatic amines is 1. The van der Waals surface area contributed by atoms with E-state index >= 15 is 0 Å². The zero-order chi connectivity index (χ0) is 12.6. The van der Waals surface area contributed by atoms with Gasteiger partial charge in [-0.05, 0) is 19.4 Å². The Hall–Kier alpha value is -1.69. The molecule has 2 atom stereocenters. The summed E-state index contributed by atoms with van der Waals surface area (Å²) in [4.78, 5) is 24.9. The third-order valence-electron chi connectivity index (χ3n) is 2.96. The van der Waals surface area contributed by atoms with Gasteiger partial charge in [0.15, 0.2) is 0 Å². The first-order valence-electron chi connectivity index (χ1n) is 5.33. The van der Waals surface area contributed by atoms with Gasteiger partial charge < -0.3 is 5.11 Å². The van der Waals surface area contributed by atoms with E-state index < -0.39 is 23.1 Å². The van der Waals surface area contributed by atoms with Gasteiger partial charge in [-0.25, -0.2) is 9.18 Å². The second-order valence-corrected chi connectivity index (χ2v) is 4.22. The molecular formula is C11H13FN2O3. The fraction of sp³-hybridized carbons (Fsp3) is 0.455. The van der Waals surface area contributed by atoms with Crippen LogP contribution in [0.3, 0.4) is 0 Å². The highest BCUT2D eigenvalue weighted by molar-refractivity contribution is 5.14. The van der Waals surface area contributed by atoms with Crippen LogP contribution in [0.25, 0.3) is 0 Å². The van der Waals surface area contributed by atoms with Crippen LogP contribution in [0.4, 0.5) is 4.39 Å². The summed E-state index contributed by atoms with van der Waals surface area (Å²) in [5.41, 5.74) is -0.745. The molecule has 5 nitrogen and oxygen atoms in total. The van der Waals surface area contributed by atoms with Crippen LogP contribution in [0.5, 0.6) is 0 Å². The van der Waals surface area contributed by atoms with Gasteiger partial charge in [-0.15, -0.1) is 0 Å². The first kappa shape index (κ1) is 11.8. The minimum absolute atomic E-state index is 0.152. The van der Waals surface area contributed by atoms with Gasteiger partial charge in [-0.1, -0.05) is 0 Å². The number of halogens is 1.